The molecule has 1 aliphatic rings. The highest BCUT2D eigenvalue weighted by Gasteiger charge is 2.16. The minimum absolute atomic E-state index is 0.0621. The molecule has 1 fully saturated rings. The van der Waals surface area contributed by atoms with Gasteiger partial charge in [0.05, 0.1) is 23.9 Å². The summed E-state index contributed by atoms with van der Waals surface area (Å²) in [5.41, 5.74) is 3.14. The van der Waals surface area contributed by atoms with Gasteiger partial charge in [-0.15, -0.1) is 0 Å². The summed E-state index contributed by atoms with van der Waals surface area (Å²) < 4.78 is 12.5. The molecule has 1 heterocycles. The van der Waals surface area contributed by atoms with Gasteiger partial charge in [0, 0.05) is 35.4 Å². The van der Waals surface area contributed by atoms with E-state index >= 15 is 0 Å². The highest BCUT2D eigenvalue weighted by molar-refractivity contribution is 9.10. The fourth-order valence-electron chi connectivity index (χ4n) is 3.48. The van der Waals surface area contributed by atoms with Crippen LogP contribution in [-0.2, 0) is 6.54 Å². The number of hydrogen-bond donors (Lipinski definition) is 1. The van der Waals surface area contributed by atoms with Gasteiger partial charge < -0.3 is 19.7 Å². The number of anilines is 2. The zero-order chi connectivity index (χ0) is 20.1. The molecule has 1 saturated heterocycles. The van der Waals surface area contributed by atoms with Gasteiger partial charge in [-0.05, 0) is 63.4 Å². The third-order valence-electron chi connectivity index (χ3n) is 4.80. The topological polar surface area (TPSA) is 33.7 Å². The summed E-state index contributed by atoms with van der Waals surface area (Å²) in [6, 6.07) is 10.2. The van der Waals surface area contributed by atoms with Gasteiger partial charge in [-0.25, -0.2) is 0 Å². The minimum atomic E-state index is 0.0621. The van der Waals surface area contributed by atoms with Crippen LogP contribution >= 0.6 is 27.5 Å². The summed E-state index contributed by atoms with van der Waals surface area (Å²) in [5.74, 6) is 1.49. The molecule has 3 rings (SSSR count). The Balaban J connectivity index is 1.76. The Labute approximate surface area is 181 Å². The van der Waals surface area contributed by atoms with Crippen LogP contribution in [0.4, 0.5) is 11.4 Å². The van der Waals surface area contributed by atoms with Crippen molar-refractivity contribution in [3.63, 3.8) is 0 Å². The van der Waals surface area contributed by atoms with E-state index in [1.54, 1.807) is 7.11 Å². The highest BCUT2D eigenvalue weighted by Crippen LogP contribution is 2.36. The fourth-order valence-corrected chi connectivity index (χ4v) is 4.26. The summed E-state index contributed by atoms with van der Waals surface area (Å²) >= 11 is 10.1. The van der Waals surface area contributed by atoms with Crippen molar-refractivity contribution in [1.29, 1.82) is 0 Å². The molecule has 0 atom stereocenters. The van der Waals surface area contributed by atoms with E-state index in [0.29, 0.717) is 6.54 Å². The van der Waals surface area contributed by atoms with Crippen molar-refractivity contribution in [3.8, 4) is 11.5 Å². The Morgan fingerprint density at radius 1 is 1.14 bits per heavy atom. The van der Waals surface area contributed by atoms with Gasteiger partial charge in [0.25, 0.3) is 0 Å². The maximum absolute atomic E-state index is 6.58. The zero-order valence-corrected chi connectivity index (χ0v) is 19.1. The molecule has 0 unspecified atom stereocenters. The van der Waals surface area contributed by atoms with Crippen molar-refractivity contribution in [3.05, 3.63) is 45.4 Å². The van der Waals surface area contributed by atoms with Gasteiger partial charge >= 0.3 is 0 Å². The number of methoxy groups -OCH3 is 1. The lowest BCUT2D eigenvalue weighted by molar-refractivity contribution is 0.228. The Bertz CT molecular complexity index is 807. The van der Waals surface area contributed by atoms with E-state index in [9.17, 15) is 0 Å². The minimum Gasteiger partial charge on any atom is -0.493 e. The van der Waals surface area contributed by atoms with Gasteiger partial charge in [-0.2, -0.15) is 0 Å². The van der Waals surface area contributed by atoms with Crippen LogP contribution in [0.5, 0.6) is 11.5 Å². The van der Waals surface area contributed by atoms with Crippen LogP contribution in [0.3, 0.4) is 0 Å². The number of ether oxygens (including phenoxy) is 2. The van der Waals surface area contributed by atoms with Crippen molar-refractivity contribution in [1.82, 2.24) is 0 Å². The van der Waals surface area contributed by atoms with E-state index in [0.717, 1.165) is 51.0 Å². The summed E-state index contributed by atoms with van der Waals surface area (Å²) in [6.45, 7) is 6.80. The number of nitrogens with zero attached hydrogens (tertiary/aromatic N) is 1. The van der Waals surface area contributed by atoms with Crippen molar-refractivity contribution in [2.45, 2.75) is 45.8 Å². The second-order valence-corrected chi connectivity index (χ2v) is 8.65. The maximum Gasteiger partial charge on any atom is 0.166 e. The first kappa shape index (κ1) is 21.1. The molecule has 4 nitrogen and oxygen atoms in total. The summed E-state index contributed by atoms with van der Waals surface area (Å²) in [4.78, 5) is 2.38. The highest BCUT2D eigenvalue weighted by atomic mass is 79.9. The summed E-state index contributed by atoms with van der Waals surface area (Å²) in [5, 5.41) is 4.25. The van der Waals surface area contributed by atoms with Crippen LogP contribution in [-0.4, -0.2) is 26.3 Å². The molecule has 0 spiro atoms. The first-order valence-electron chi connectivity index (χ1n) is 9.79. The Hall–Kier alpha value is -1.59. The second kappa shape index (κ2) is 9.75. The molecule has 0 aromatic heterocycles. The number of halogens is 2. The first-order valence-corrected chi connectivity index (χ1v) is 11.0. The molecule has 152 valence electrons. The molecule has 0 aliphatic carbocycles. The molecule has 28 heavy (non-hydrogen) atoms. The van der Waals surface area contributed by atoms with E-state index in [1.165, 1.54) is 19.3 Å². The van der Waals surface area contributed by atoms with E-state index in [2.05, 4.69) is 44.3 Å². The lowest BCUT2D eigenvalue weighted by Gasteiger charge is -2.29. The van der Waals surface area contributed by atoms with Crippen LogP contribution in [0.2, 0.25) is 5.02 Å². The summed E-state index contributed by atoms with van der Waals surface area (Å²) in [7, 11) is 1.66. The number of nitrogens with one attached hydrogen (secondary N) is 1. The molecule has 2 aromatic carbocycles. The number of rotatable bonds is 7. The van der Waals surface area contributed by atoms with E-state index < -0.39 is 0 Å². The lowest BCUT2D eigenvalue weighted by atomic mass is 10.1. The van der Waals surface area contributed by atoms with Crippen LogP contribution in [0.15, 0.2) is 34.8 Å². The number of benzene rings is 2. The Morgan fingerprint density at radius 3 is 2.54 bits per heavy atom. The first-order chi connectivity index (χ1) is 13.5. The third-order valence-corrected chi connectivity index (χ3v) is 5.56. The Morgan fingerprint density at radius 2 is 1.89 bits per heavy atom. The predicted molar refractivity (Wildman–Crippen MR) is 121 cm³/mol. The van der Waals surface area contributed by atoms with E-state index in [1.807, 2.05) is 26.0 Å². The quantitative estimate of drug-likeness (QED) is 0.504. The van der Waals surface area contributed by atoms with Crippen LogP contribution in [0, 0.1) is 0 Å². The lowest BCUT2D eigenvalue weighted by Crippen LogP contribution is -2.29. The average molecular weight is 468 g/mol. The molecule has 0 saturated carbocycles. The maximum atomic E-state index is 6.58. The molecule has 6 heteroatoms. The standard InChI is InChI=1S/C22H28BrClN2O2/c1-15(2)28-22-16(11-17(23)12-21(22)27-3)14-25-18-7-8-20(19(24)13-18)26-9-5-4-6-10-26/h7-8,11-13,15,25H,4-6,9-10,14H2,1-3H3. The summed E-state index contributed by atoms with van der Waals surface area (Å²) in [6.07, 6.45) is 3.84. The van der Waals surface area contributed by atoms with Gasteiger partial charge in [0.15, 0.2) is 11.5 Å². The van der Waals surface area contributed by atoms with Gasteiger partial charge in [0.1, 0.15) is 0 Å². The molecule has 0 radical (unpaired) electrons. The molecular formula is C22H28BrClN2O2. The van der Waals surface area contributed by atoms with Crippen LogP contribution < -0.4 is 19.7 Å². The van der Waals surface area contributed by atoms with Crippen molar-refractivity contribution in [2.24, 2.45) is 0 Å². The third kappa shape index (κ3) is 5.26. The molecular weight excluding hydrogens is 440 g/mol. The van der Waals surface area contributed by atoms with E-state index in [-0.39, 0.29) is 6.10 Å². The van der Waals surface area contributed by atoms with Gasteiger partial charge in [0.2, 0.25) is 0 Å². The SMILES string of the molecule is COc1cc(Br)cc(CNc2ccc(N3CCCCC3)c(Cl)c2)c1OC(C)C. The molecule has 1 aliphatic heterocycles. The predicted octanol–water partition coefficient (Wildman–Crippen LogP) is 6.50. The number of hydrogen-bond acceptors (Lipinski definition) is 4. The fraction of sp³-hybridized carbons (Fsp3) is 0.455. The van der Waals surface area contributed by atoms with Gasteiger partial charge in [-0.3, -0.25) is 0 Å². The molecule has 1 N–H and O–H groups in total. The van der Waals surface area contributed by atoms with Gasteiger partial charge in [-0.1, -0.05) is 27.5 Å². The van der Waals surface area contributed by atoms with Crippen LogP contribution in [0.25, 0.3) is 0 Å². The van der Waals surface area contributed by atoms with E-state index in [4.69, 9.17) is 21.1 Å². The molecule has 2 aromatic rings. The Kier molecular flexibility index (Phi) is 7.36. The molecule has 0 bridgehead atoms. The van der Waals surface area contributed by atoms with Crippen LogP contribution in [0.1, 0.15) is 38.7 Å². The molecule has 0 amide bonds. The largest absolute Gasteiger partial charge is 0.493 e. The normalized spacial score (nSPS) is 14.3. The smallest absolute Gasteiger partial charge is 0.166 e. The monoisotopic (exact) mass is 466 g/mol. The van der Waals surface area contributed by atoms with Crippen molar-refractivity contribution >= 4 is 38.9 Å². The zero-order valence-electron chi connectivity index (χ0n) is 16.7. The number of piperidine rings is 1. The van der Waals surface area contributed by atoms with Crippen molar-refractivity contribution in [2.75, 3.05) is 30.4 Å². The van der Waals surface area contributed by atoms with Crippen molar-refractivity contribution < 1.29 is 9.47 Å². The second-order valence-electron chi connectivity index (χ2n) is 7.33. The average Bonchev–Trinajstić information content (AvgIpc) is 2.68.